The van der Waals surface area contributed by atoms with Crippen LogP contribution < -0.4 is 0 Å². The van der Waals surface area contributed by atoms with Gasteiger partial charge in [-0.1, -0.05) is 19.8 Å². The number of aromatic amines is 1. The molecule has 1 saturated carbocycles. The van der Waals surface area contributed by atoms with Gasteiger partial charge in [0.05, 0.1) is 11.9 Å². The van der Waals surface area contributed by atoms with Crippen LogP contribution in [0.5, 0.6) is 0 Å². The van der Waals surface area contributed by atoms with Crippen LogP contribution in [0.15, 0.2) is 6.20 Å². The predicted molar refractivity (Wildman–Crippen MR) is 46.8 cm³/mol. The van der Waals surface area contributed by atoms with Crippen LogP contribution in [0.4, 0.5) is 0 Å². The highest BCUT2D eigenvalue weighted by atomic mass is 15.3. The summed E-state index contributed by atoms with van der Waals surface area (Å²) >= 11 is 0. The van der Waals surface area contributed by atoms with E-state index < -0.39 is 0 Å². The van der Waals surface area contributed by atoms with Gasteiger partial charge in [-0.2, -0.15) is 15.4 Å². The molecule has 1 aliphatic carbocycles. The molecular weight excluding hydrogens is 150 g/mol. The van der Waals surface area contributed by atoms with Gasteiger partial charge in [-0.15, -0.1) is 0 Å². The Labute approximate surface area is 72.6 Å². The summed E-state index contributed by atoms with van der Waals surface area (Å²) in [7, 11) is 0. The molecule has 0 radical (unpaired) electrons. The van der Waals surface area contributed by atoms with E-state index in [-0.39, 0.29) is 0 Å². The maximum atomic E-state index is 4.14. The van der Waals surface area contributed by atoms with E-state index >= 15 is 0 Å². The number of nitrogens with zero attached hydrogens (tertiary/aromatic N) is 2. The second-order valence-electron chi connectivity index (χ2n) is 3.86. The summed E-state index contributed by atoms with van der Waals surface area (Å²) in [6.45, 7) is 2.33. The molecule has 1 fully saturated rings. The van der Waals surface area contributed by atoms with Gasteiger partial charge in [0.15, 0.2) is 0 Å². The summed E-state index contributed by atoms with van der Waals surface area (Å²) in [4.78, 5) is 0. The van der Waals surface area contributed by atoms with Crippen LogP contribution in [0, 0.1) is 5.92 Å². The zero-order valence-corrected chi connectivity index (χ0v) is 7.45. The van der Waals surface area contributed by atoms with Crippen LogP contribution >= 0.6 is 0 Å². The van der Waals surface area contributed by atoms with E-state index in [0.717, 1.165) is 11.6 Å². The minimum atomic E-state index is 0.660. The van der Waals surface area contributed by atoms with Gasteiger partial charge in [-0.3, -0.25) is 0 Å². The lowest BCUT2D eigenvalue weighted by molar-refractivity contribution is 0.340. The van der Waals surface area contributed by atoms with Crippen molar-refractivity contribution in [1.29, 1.82) is 0 Å². The molecule has 0 saturated heterocycles. The summed E-state index contributed by atoms with van der Waals surface area (Å²) in [6, 6.07) is 0. The van der Waals surface area contributed by atoms with Gasteiger partial charge in [0.25, 0.3) is 0 Å². The van der Waals surface area contributed by atoms with E-state index in [0.29, 0.717) is 5.92 Å². The smallest absolute Gasteiger partial charge is 0.0855 e. The highest BCUT2D eigenvalue weighted by Crippen LogP contribution is 2.34. The van der Waals surface area contributed by atoms with E-state index in [4.69, 9.17) is 0 Å². The average molecular weight is 165 g/mol. The molecule has 0 bridgehead atoms. The molecule has 0 aliphatic heterocycles. The Kier molecular flexibility index (Phi) is 2.11. The monoisotopic (exact) mass is 165 g/mol. The van der Waals surface area contributed by atoms with Crippen molar-refractivity contribution in [2.75, 3.05) is 0 Å². The molecule has 0 unspecified atom stereocenters. The Balaban J connectivity index is 2.04. The van der Waals surface area contributed by atoms with E-state index in [2.05, 4.69) is 22.3 Å². The van der Waals surface area contributed by atoms with E-state index in [1.54, 1.807) is 0 Å². The third kappa shape index (κ3) is 1.49. The van der Waals surface area contributed by atoms with Gasteiger partial charge in [0.1, 0.15) is 0 Å². The molecule has 2 atom stereocenters. The Morgan fingerprint density at radius 2 is 2.42 bits per heavy atom. The number of H-pyrrole nitrogens is 1. The summed E-state index contributed by atoms with van der Waals surface area (Å²) in [5.41, 5.74) is 1.15. The molecule has 3 nitrogen and oxygen atoms in total. The lowest BCUT2D eigenvalue weighted by Gasteiger charge is -2.24. The van der Waals surface area contributed by atoms with E-state index in [1.165, 1.54) is 25.7 Å². The number of hydrogen-bond donors (Lipinski definition) is 1. The molecule has 2 rings (SSSR count). The van der Waals surface area contributed by atoms with Crippen LogP contribution in [-0.4, -0.2) is 15.4 Å². The molecule has 0 amide bonds. The average Bonchev–Trinajstić information content (AvgIpc) is 2.56. The molecule has 1 N–H and O–H groups in total. The molecule has 12 heavy (non-hydrogen) atoms. The number of hydrogen-bond acceptors (Lipinski definition) is 2. The molecule has 1 aromatic rings. The van der Waals surface area contributed by atoms with Crippen molar-refractivity contribution in [1.82, 2.24) is 15.4 Å². The van der Waals surface area contributed by atoms with Crippen molar-refractivity contribution in [2.45, 2.75) is 38.5 Å². The maximum Gasteiger partial charge on any atom is 0.0855 e. The minimum absolute atomic E-state index is 0.660. The summed E-state index contributed by atoms with van der Waals surface area (Å²) in [5, 5.41) is 10.7. The normalized spacial score (nSPS) is 30.4. The van der Waals surface area contributed by atoms with Crippen molar-refractivity contribution < 1.29 is 0 Å². The first-order chi connectivity index (χ1) is 5.86. The summed E-state index contributed by atoms with van der Waals surface area (Å²) in [5.74, 6) is 1.52. The minimum Gasteiger partial charge on any atom is -0.198 e. The zero-order chi connectivity index (χ0) is 8.39. The second-order valence-corrected chi connectivity index (χ2v) is 3.86. The van der Waals surface area contributed by atoms with Crippen LogP contribution in [0.1, 0.15) is 44.2 Å². The molecule has 0 spiro atoms. The molecular formula is C9H15N3. The number of nitrogens with one attached hydrogen (secondary N) is 1. The van der Waals surface area contributed by atoms with E-state index in [1.807, 2.05) is 6.20 Å². The molecule has 1 heterocycles. The predicted octanol–water partition coefficient (Wildman–Crippen LogP) is 2.10. The summed E-state index contributed by atoms with van der Waals surface area (Å²) < 4.78 is 0. The van der Waals surface area contributed by atoms with Crippen molar-refractivity contribution >= 4 is 0 Å². The van der Waals surface area contributed by atoms with Crippen LogP contribution in [0.3, 0.4) is 0 Å². The Morgan fingerprint density at radius 3 is 3.08 bits per heavy atom. The van der Waals surface area contributed by atoms with Crippen LogP contribution in [0.25, 0.3) is 0 Å². The van der Waals surface area contributed by atoms with Crippen molar-refractivity contribution in [2.24, 2.45) is 5.92 Å². The molecule has 1 aliphatic rings. The third-order valence-electron chi connectivity index (χ3n) is 2.79. The quantitative estimate of drug-likeness (QED) is 0.692. The first-order valence-corrected chi connectivity index (χ1v) is 4.72. The topological polar surface area (TPSA) is 41.6 Å². The fourth-order valence-electron chi connectivity index (χ4n) is 2.11. The fraction of sp³-hybridized carbons (Fsp3) is 0.778. The Morgan fingerprint density at radius 1 is 1.50 bits per heavy atom. The van der Waals surface area contributed by atoms with Gasteiger partial charge >= 0.3 is 0 Å². The lowest BCUT2D eigenvalue weighted by Crippen LogP contribution is -2.11. The van der Waals surface area contributed by atoms with Crippen molar-refractivity contribution in [3.8, 4) is 0 Å². The second kappa shape index (κ2) is 3.25. The standard InChI is InChI=1S/C9H15N3/c1-7-3-2-4-8(5-7)9-6-10-12-11-9/h6-8H,2-5H2,1H3,(H,10,11,12)/t7-,8-/m1/s1. The highest BCUT2D eigenvalue weighted by molar-refractivity contribution is 5.02. The van der Waals surface area contributed by atoms with Gasteiger partial charge < -0.3 is 0 Å². The number of aromatic nitrogens is 3. The molecule has 0 aromatic carbocycles. The summed E-state index contributed by atoms with van der Waals surface area (Å²) in [6.07, 6.45) is 7.17. The van der Waals surface area contributed by atoms with Crippen molar-refractivity contribution in [3.05, 3.63) is 11.9 Å². The highest BCUT2D eigenvalue weighted by Gasteiger charge is 2.21. The lowest BCUT2D eigenvalue weighted by atomic mass is 9.81. The maximum absolute atomic E-state index is 4.14. The molecule has 1 aromatic heterocycles. The SMILES string of the molecule is C[C@@H]1CCC[C@@H](c2cn[nH]n2)C1. The van der Waals surface area contributed by atoms with Crippen LogP contribution in [-0.2, 0) is 0 Å². The van der Waals surface area contributed by atoms with Crippen molar-refractivity contribution in [3.63, 3.8) is 0 Å². The Bertz CT molecular complexity index is 230. The van der Waals surface area contributed by atoms with Gasteiger partial charge in [-0.25, -0.2) is 0 Å². The number of rotatable bonds is 1. The molecule has 66 valence electrons. The van der Waals surface area contributed by atoms with Gasteiger partial charge in [-0.05, 0) is 18.8 Å². The third-order valence-corrected chi connectivity index (χ3v) is 2.79. The van der Waals surface area contributed by atoms with Gasteiger partial charge in [0.2, 0.25) is 0 Å². The molecule has 3 heteroatoms. The Hall–Kier alpha value is -0.860. The van der Waals surface area contributed by atoms with Gasteiger partial charge in [0, 0.05) is 5.92 Å². The largest absolute Gasteiger partial charge is 0.198 e. The zero-order valence-electron chi connectivity index (χ0n) is 7.45. The van der Waals surface area contributed by atoms with Crippen LogP contribution in [0.2, 0.25) is 0 Å². The first kappa shape index (κ1) is 7.77. The van der Waals surface area contributed by atoms with E-state index in [9.17, 15) is 0 Å². The fourth-order valence-corrected chi connectivity index (χ4v) is 2.11. The first-order valence-electron chi connectivity index (χ1n) is 4.72.